The van der Waals surface area contributed by atoms with Crippen LogP contribution in [-0.4, -0.2) is 26.4 Å². The molecule has 0 spiro atoms. The fraction of sp³-hybridized carbons (Fsp3) is 0.176. The number of phenolic OH excluding ortho intramolecular Hbond substituents is 1. The van der Waals surface area contributed by atoms with E-state index in [2.05, 4.69) is 0 Å². The Morgan fingerprint density at radius 1 is 0.864 bits per heavy atom. The molecule has 0 atom stereocenters. The maximum absolute atomic E-state index is 9.61. The monoisotopic (exact) mass is 301 g/mol. The summed E-state index contributed by atoms with van der Waals surface area (Å²) in [7, 11) is 4.71. The average molecular weight is 301 g/mol. The molecular formula is C17H19NO4. The van der Waals surface area contributed by atoms with Crippen molar-refractivity contribution >= 4 is 17.8 Å². The third kappa shape index (κ3) is 3.25. The lowest BCUT2D eigenvalue weighted by Gasteiger charge is -2.12. The summed E-state index contributed by atoms with van der Waals surface area (Å²) in [5.74, 6) is 1.78. The van der Waals surface area contributed by atoms with Crippen LogP contribution in [0.5, 0.6) is 23.0 Å². The Balaban J connectivity index is 2.36. The number of hydrogen-bond acceptors (Lipinski definition) is 5. The molecule has 0 amide bonds. The molecule has 0 saturated carbocycles. The molecule has 0 unspecified atom stereocenters. The second-order valence-corrected chi connectivity index (χ2v) is 4.61. The maximum atomic E-state index is 9.61. The van der Waals surface area contributed by atoms with Crippen LogP contribution in [0.4, 0.5) is 5.69 Å². The van der Waals surface area contributed by atoms with Gasteiger partial charge in [-0.05, 0) is 35.4 Å². The van der Waals surface area contributed by atoms with Gasteiger partial charge in [0.1, 0.15) is 5.75 Å². The molecule has 3 N–H and O–H groups in total. The van der Waals surface area contributed by atoms with Gasteiger partial charge in [0.05, 0.1) is 27.0 Å². The minimum Gasteiger partial charge on any atom is -0.506 e. The van der Waals surface area contributed by atoms with Crippen molar-refractivity contribution in [3.63, 3.8) is 0 Å². The number of methoxy groups -OCH3 is 3. The number of nitrogen functional groups attached to an aromatic ring is 1. The fourth-order valence-electron chi connectivity index (χ4n) is 2.05. The zero-order chi connectivity index (χ0) is 16.1. The van der Waals surface area contributed by atoms with Gasteiger partial charge in [-0.1, -0.05) is 18.2 Å². The Labute approximate surface area is 129 Å². The van der Waals surface area contributed by atoms with E-state index in [0.717, 1.165) is 11.1 Å². The van der Waals surface area contributed by atoms with E-state index in [4.69, 9.17) is 19.9 Å². The average Bonchev–Trinajstić information content (AvgIpc) is 2.54. The van der Waals surface area contributed by atoms with Gasteiger partial charge in [0.2, 0.25) is 5.75 Å². The van der Waals surface area contributed by atoms with Crippen LogP contribution in [0.2, 0.25) is 0 Å². The van der Waals surface area contributed by atoms with Crippen LogP contribution < -0.4 is 19.9 Å². The highest BCUT2D eigenvalue weighted by Gasteiger charge is 2.11. The molecule has 0 aliphatic heterocycles. The van der Waals surface area contributed by atoms with Crippen LogP contribution in [-0.2, 0) is 0 Å². The molecule has 116 valence electrons. The Morgan fingerprint density at radius 2 is 1.45 bits per heavy atom. The summed E-state index contributed by atoms with van der Waals surface area (Å²) in [6.07, 6.45) is 3.75. The third-order valence-corrected chi connectivity index (χ3v) is 3.21. The lowest BCUT2D eigenvalue weighted by atomic mass is 10.1. The lowest BCUT2D eigenvalue weighted by Crippen LogP contribution is -1.95. The predicted molar refractivity (Wildman–Crippen MR) is 87.5 cm³/mol. The van der Waals surface area contributed by atoms with Gasteiger partial charge < -0.3 is 25.1 Å². The van der Waals surface area contributed by atoms with Crippen molar-refractivity contribution in [3.8, 4) is 23.0 Å². The van der Waals surface area contributed by atoms with E-state index in [0.29, 0.717) is 22.9 Å². The molecule has 5 nitrogen and oxygen atoms in total. The summed E-state index contributed by atoms with van der Waals surface area (Å²) >= 11 is 0. The summed E-state index contributed by atoms with van der Waals surface area (Å²) in [5, 5.41) is 9.61. The smallest absolute Gasteiger partial charge is 0.203 e. The minimum absolute atomic E-state index is 0.0621. The normalized spacial score (nSPS) is 10.7. The molecule has 0 radical (unpaired) electrons. The Hall–Kier alpha value is -2.82. The van der Waals surface area contributed by atoms with Crippen LogP contribution in [0.3, 0.4) is 0 Å². The second-order valence-electron chi connectivity index (χ2n) is 4.61. The van der Waals surface area contributed by atoms with E-state index in [9.17, 15) is 5.11 Å². The summed E-state index contributed by atoms with van der Waals surface area (Å²) in [6.45, 7) is 0. The van der Waals surface area contributed by atoms with Gasteiger partial charge in [0.15, 0.2) is 11.5 Å². The molecule has 22 heavy (non-hydrogen) atoms. The maximum Gasteiger partial charge on any atom is 0.203 e. The minimum atomic E-state index is 0.0621. The van der Waals surface area contributed by atoms with Gasteiger partial charge >= 0.3 is 0 Å². The van der Waals surface area contributed by atoms with E-state index in [1.165, 1.54) is 0 Å². The lowest BCUT2D eigenvalue weighted by molar-refractivity contribution is 0.324. The first-order valence-corrected chi connectivity index (χ1v) is 6.65. The Morgan fingerprint density at radius 3 is 1.95 bits per heavy atom. The van der Waals surface area contributed by atoms with E-state index in [1.54, 1.807) is 33.5 Å². The van der Waals surface area contributed by atoms with Gasteiger partial charge in [-0.15, -0.1) is 0 Å². The molecule has 2 rings (SSSR count). The van der Waals surface area contributed by atoms with E-state index in [1.807, 2.05) is 30.4 Å². The number of ether oxygens (including phenoxy) is 3. The fourth-order valence-corrected chi connectivity index (χ4v) is 2.05. The van der Waals surface area contributed by atoms with E-state index < -0.39 is 0 Å². The summed E-state index contributed by atoms with van der Waals surface area (Å²) in [5.41, 5.74) is 7.65. The first-order chi connectivity index (χ1) is 10.6. The highest BCUT2D eigenvalue weighted by Crippen LogP contribution is 2.38. The summed E-state index contributed by atoms with van der Waals surface area (Å²) in [4.78, 5) is 0. The molecule has 0 heterocycles. The standard InChI is InChI=1S/C17H19NO4/c1-20-15-9-12(10-16(21-2)17(15)22-3)5-4-11-6-7-13(18)14(19)8-11/h4-10,19H,18H2,1-3H3/b5-4-. The largest absolute Gasteiger partial charge is 0.506 e. The van der Waals surface area contributed by atoms with Crippen molar-refractivity contribution in [2.24, 2.45) is 0 Å². The van der Waals surface area contributed by atoms with Crippen molar-refractivity contribution in [3.05, 3.63) is 41.5 Å². The SMILES string of the molecule is COc1cc(/C=C\c2ccc(N)c(O)c2)cc(OC)c1OC. The Bertz CT molecular complexity index is 670. The van der Waals surface area contributed by atoms with Crippen molar-refractivity contribution in [1.29, 1.82) is 0 Å². The first-order valence-electron chi connectivity index (χ1n) is 6.65. The molecule has 2 aromatic rings. The number of phenols is 1. The van der Waals surface area contributed by atoms with E-state index in [-0.39, 0.29) is 5.75 Å². The predicted octanol–water partition coefficient (Wildman–Crippen LogP) is 3.17. The number of aromatic hydroxyl groups is 1. The molecule has 0 bridgehead atoms. The van der Waals surface area contributed by atoms with Gasteiger partial charge in [-0.25, -0.2) is 0 Å². The third-order valence-electron chi connectivity index (χ3n) is 3.21. The molecule has 0 aromatic heterocycles. The highest BCUT2D eigenvalue weighted by molar-refractivity contribution is 5.74. The molecular weight excluding hydrogens is 282 g/mol. The topological polar surface area (TPSA) is 73.9 Å². The van der Waals surface area contributed by atoms with Crippen LogP contribution in [0.1, 0.15) is 11.1 Å². The molecule has 0 fully saturated rings. The number of rotatable bonds is 5. The van der Waals surface area contributed by atoms with Crippen molar-refractivity contribution in [2.45, 2.75) is 0 Å². The molecule has 0 aliphatic rings. The van der Waals surface area contributed by atoms with Crippen LogP contribution in [0.15, 0.2) is 30.3 Å². The number of hydrogen-bond donors (Lipinski definition) is 2. The number of benzene rings is 2. The van der Waals surface area contributed by atoms with Gasteiger partial charge in [-0.3, -0.25) is 0 Å². The second kappa shape index (κ2) is 6.76. The number of nitrogens with two attached hydrogens (primary N) is 1. The zero-order valence-corrected chi connectivity index (χ0v) is 12.8. The molecule has 0 aliphatic carbocycles. The quantitative estimate of drug-likeness (QED) is 0.504. The van der Waals surface area contributed by atoms with Crippen LogP contribution in [0.25, 0.3) is 12.2 Å². The Kier molecular flexibility index (Phi) is 4.78. The zero-order valence-electron chi connectivity index (χ0n) is 12.8. The van der Waals surface area contributed by atoms with Crippen LogP contribution >= 0.6 is 0 Å². The number of anilines is 1. The van der Waals surface area contributed by atoms with Crippen molar-refractivity contribution in [2.75, 3.05) is 27.1 Å². The highest BCUT2D eigenvalue weighted by atomic mass is 16.5. The van der Waals surface area contributed by atoms with Crippen molar-refractivity contribution < 1.29 is 19.3 Å². The van der Waals surface area contributed by atoms with E-state index >= 15 is 0 Å². The first kappa shape index (κ1) is 15.6. The van der Waals surface area contributed by atoms with Crippen LogP contribution in [0, 0.1) is 0 Å². The summed E-state index contributed by atoms with van der Waals surface area (Å²) < 4.78 is 15.9. The molecule has 0 saturated heterocycles. The molecule has 5 heteroatoms. The van der Waals surface area contributed by atoms with Crippen molar-refractivity contribution in [1.82, 2.24) is 0 Å². The van der Waals surface area contributed by atoms with Gasteiger partial charge in [0.25, 0.3) is 0 Å². The summed E-state index contributed by atoms with van der Waals surface area (Å²) in [6, 6.07) is 8.77. The van der Waals surface area contributed by atoms with Gasteiger partial charge in [-0.2, -0.15) is 0 Å². The van der Waals surface area contributed by atoms with Gasteiger partial charge in [0, 0.05) is 0 Å². The molecule has 2 aromatic carbocycles.